The number of carboxylic acid groups (broad SMARTS) is 1. The first kappa shape index (κ1) is 9.81. The number of carboxylic acids is 1. The van der Waals surface area contributed by atoms with Gasteiger partial charge in [-0.1, -0.05) is 0 Å². The van der Waals surface area contributed by atoms with Crippen LogP contribution >= 0.6 is 0 Å². The molecule has 0 heterocycles. The lowest BCUT2D eigenvalue weighted by Gasteiger charge is -2.03. The van der Waals surface area contributed by atoms with Gasteiger partial charge in [0.2, 0.25) is 0 Å². The van der Waals surface area contributed by atoms with Gasteiger partial charge in [0, 0.05) is 6.54 Å². The molecule has 11 heavy (non-hydrogen) atoms. The van der Waals surface area contributed by atoms with Crippen molar-refractivity contribution in [3.05, 3.63) is 0 Å². The van der Waals surface area contributed by atoms with Crippen LogP contribution in [-0.4, -0.2) is 37.1 Å². The van der Waals surface area contributed by atoms with Crippen LogP contribution in [0.15, 0.2) is 9.98 Å². The Hall–Kier alpha value is -1.19. The van der Waals surface area contributed by atoms with Crippen molar-refractivity contribution in [1.29, 1.82) is 0 Å². The Morgan fingerprint density at radius 1 is 1.55 bits per heavy atom. The van der Waals surface area contributed by atoms with Crippen molar-refractivity contribution < 1.29 is 9.90 Å². The topological polar surface area (TPSA) is 62.0 Å². The molecule has 0 aliphatic carbocycles. The molecule has 0 aromatic carbocycles. The summed E-state index contributed by atoms with van der Waals surface area (Å²) >= 11 is 0. The maximum Gasteiger partial charge on any atom is 0.328 e. The monoisotopic (exact) mass is 156 g/mol. The van der Waals surface area contributed by atoms with Crippen molar-refractivity contribution in [3.8, 4) is 0 Å². The Morgan fingerprint density at radius 3 is 2.55 bits per heavy atom. The molecule has 0 bridgehead atoms. The lowest BCUT2D eigenvalue weighted by Crippen LogP contribution is -2.17. The molecule has 0 radical (unpaired) electrons. The fourth-order valence-corrected chi connectivity index (χ4v) is 0.689. The molecule has 0 amide bonds. The average Bonchev–Trinajstić information content (AvgIpc) is 1.97. The van der Waals surface area contributed by atoms with Crippen molar-refractivity contribution in [2.45, 2.75) is 18.9 Å². The SMILES string of the molecule is C=NCCC[C@H](N=C)C(=O)O. The molecular formula is C7H12N2O2. The lowest BCUT2D eigenvalue weighted by atomic mass is 10.2. The Morgan fingerprint density at radius 2 is 2.18 bits per heavy atom. The van der Waals surface area contributed by atoms with Gasteiger partial charge < -0.3 is 10.1 Å². The van der Waals surface area contributed by atoms with E-state index >= 15 is 0 Å². The second-order valence-corrected chi connectivity index (χ2v) is 2.13. The molecule has 62 valence electrons. The minimum atomic E-state index is -0.927. The predicted octanol–water partition coefficient (Wildman–Crippen LogP) is 0.621. The van der Waals surface area contributed by atoms with E-state index in [1.807, 2.05) is 0 Å². The number of aliphatic carboxylic acids is 1. The van der Waals surface area contributed by atoms with Gasteiger partial charge >= 0.3 is 5.97 Å². The van der Waals surface area contributed by atoms with Crippen molar-refractivity contribution in [3.63, 3.8) is 0 Å². The first-order chi connectivity index (χ1) is 5.22. The molecule has 0 spiro atoms. The van der Waals surface area contributed by atoms with E-state index < -0.39 is 12.0 Å². The molecule has 0 saturated heterocycles. The zero-order valence-corrected chi connectivity index (χ0v) is 6.36. The lowest BCUT2D eigenvalue weighted by molar-refractivity contribution is -0.138. The standard InChI is InChI=1S/C7H12N2O2/c1-8-5-3-4-6(9-2)7(10)11/h6H,1-5H2,(H,10,11)/t6-/m0/s1. The molecule has 0 saturated carbocycles. The molecule has 0 aliphatic rings. The second kappa shape index (κ2) is 5.58. The van der Waals surface area contributed by atoms with Gasteiger partial charge in [-0.15, -0.1) is 0 Å². The number of hydrogen-bond donors (Lipinski definition) is 1. The molecule has 0 aromatic rings. The van der Waals surface area contributed by atoms with Crippen LogP contribution in [0, 0.1) is 0 Å². The van der Waals surface area contributed by atoms with Gasteiger partial charge in [-0.25, -0.2) is 4.79 Å². The van der Waals surface area contributed by atoms with Crippen LogP contribution in [0.4, 0.5) is 0 Å². The van der Waals surface area contributed by atoms with Crippen LogP contribution in [0.5, 0.6) is 0 Å². The molecule has 4 heteroatoms. The number of nitrogens with zero attached hydrogens (tertiary/aromatic N) is 2. The third-order valence-electron chi connectivity index (χ3n) is 1.30. The van der Waals surface area contributed by atoms with Crippen molar-refractivity contribution in [2.75, 3.05) is 6.54 Å². The summed E-state index contributed by atoms with van der Waals surface area (Å²) in [6.45, 7) is 7.05. The summed E-state index contributed by atoms with van der Waals surface area (Å²) in [5.74, 6) is -0.927. The van der Waals surface area contributed by atoms with Crippen LogP contribution in [0.25, 0.3) is 0 Å². The minimum Gasteiger partial charge on any atom is -0.480 e. The van der Waals surface area contributed by atoms with Gasteiger partial charge in [0.15, 0.2) is 0 Å². The second-order valence-electron chi connectivity index (χ2n) is 2.13. The van der Waals surface area contributed by atoms with Crippen LogP contribution < -0.4 is 0 Å². The third kappa shape index (κ3) is 4.25. The quantitative estimate of drug-likeness (QED) is 0.452. The van der Waals surface area contributed by atoms with Crippen molar-refractivity contribution >= 4 is 19.4 Å². The molecule has 0 rings (SSSR count). The largest absolute Gasteiger partial charge is 0.480 e. The first-order valence-electron chi connectivity index (χ1n) is 3.33. The minimum absolute atomic E-state index is 0.484. The van der Waals surface area contributed by atoms with E-state index in [0.29, 0.717) is 19.4 Å². The van der Waals surface area contributed by atoms with E-state index in [4.69, 9.17) is 5.11 Å². The maximum atomic E-state index is 10.3. The molecule has 1 N–H and O–H groups in total. The van der Waals surface area contributed by atoms with E-state index in [-0.39, 0.29) is 0 Å². The van der Waals surface area contributed by atoms with Crippen LogP contribution in [0.3, 0.4) is 0 Å². The molecule has 0 fully saturated rings. The summed E-state index contributed by atoms with van der Waals surface area (Å²) in [5.41, 5.74) is 0. The summed E-state index contributed by atoms with van der Waals surface area (Å²) in [6.07, 6.45) is 1.18. The van der Waals surface area contributed by atoms with E-state index in [0.717, 1.165) is 0 Å². The number of hydrogen-bond acceptors (Lipinski definition) is 3. The van der Waals surface area contributed by atoms with E-state index in [9.17, 15) is 4.79 Å². The molecule has 0 aromatic heterocycles. The van der Waals surface area contributed by atoms with Gasteiger partial charge in [0.25, 0.3) is 0 Å². The highest BCUT2D eigenvalue weighted by atomic mass is 16.4. The first-order valence-corrected chi connectivity index (χ1v) is 3.33. The fraction of sp³-hybridized carbons (Fsp3) is 0.571. The zero-order valence-electron chi connectivity index (χ0n) is 6.36. The van der Waals surface area contributed by atoms with Crippen molar-refractivity contribution in [1.82, 2.24) is 0 Å². The smallest absolute Gasteiger partial charge is 0.328 e. The van der Waals surface area contributed by atoms with Gasteiger partial charge in [-0.2, -0.15) is 0 Å². The highest BCUT2D eigenvalue weighted by Gasteiger charge is 2.12. The zero-order chi connectivity index (χ0) is 8.69. The highest BCUT2D eigenvalue weighted by Crippen LogP contribution is 2.01. The Labute approximate surface area is 65.7 Å². The van der Waals surface area contributed by atoms with E-state index in [1.54, 1.807) is 0 Å². The summed E-state index contributed by atoms with van der Waals surface area (Å²) in [6, 6.07) is -0.684. The number of aliphatic imine (C=N–C) groups is 2. The van der Waals surface area contributed by atoms with E-state index in [2.05, 4.69) is 23.4 Å². The van der Waals surface area contributed by atoms with Gasteiger partial charge in [-0.3, -0.25) is 4.99 Å². The number of carbonyl (C=O) groups is 1. The third-order valence-corrected chi connectivity index (χ3v) is 1.30. The Balaban J connectivity index is 3.60. The molecule has 0 aliphatic heterocycles. The maximum absolute atomic E-state index is 10.3. The molecular weight excluding hydrogens is 144 g/mol. The highest BCUT2D eigenvalue weighted by molar-refractivity contribution is 5.74. The predicted molar refractivity (Wildman–Crippen MR) is 44.6 cm³/mol. The van der Waals surface area contributed by atoms with Gasteiger partial charge in [0.05, 0.1) is 0 Å². The van der Waals surface area contributed by atoms with E-state index in [1.165, 1.54) is 0 Å². The summed E-state index contributed by atoms with van der Waals surface area (Å²) in [4.78, 5) is 17.4. The van der Waals surface area contributed by atoms with Gasteiger partial charge in [0.1, 0.15) is 6.04 Å². The normalized spacial score (nSPS) is 12.0. The van der Waals surface area contributed by atoms with Crippen LogP contribution in [0.1, 0.15) is 12.8 Å². The van der Waals surface area contributed by atoms with Gasteiger partial charge in [-0.05, 0) is 26.3 Å². The Kier molecular flexibility index (Phi) is 4.98. The molecule has 0 unspecified atom stereocenters. The van der Waals surface area contributed by atoms with Crippen LogP contribution in [0.2, 0.25) is 0 Å². The molecule has 4 nitrogen and oxygen atoms in total. The van der Waals surface area contributed by atoms with Crippen molar-refractivity contribution in [2.24, 2.45) is 9.98 Å². The fourth-order valence-electron chi connectivity index (χ4n) is 0.689. The molecule has 1 atom stereocenters. The Bertz CT molecular complexity index is 157. The van der Waals surface area contributed by atoms with Crippen LogP contribution in [-0.2, 0) is 4.79 Å². The number of rotatable bonds is 6. The summed E-state index contributed by atoms with van der Waals surface area (Å²) < 4.78 is 0. The summed E-state index contributed by atoms with van der Waals surface area (Å²) in [5, 5.41) is 8.49. The summed E-state index contributed by atoms with van der Waals surface area (Å²) in [7, 11) is 0. The average molecular weight is 156 g/mol.